The summed E-state index contributed by atoms with van der Waals surface area (Å²) in [5, 5.41) is 5.46. The molecule has 2 aromatic carbocycles. The lowest BCUT2D eigenvalue weighted by atomic mass is 10.1. The number of hydrogen-bond acceptors (Lipinski definition) is 6. The number of hydrogen-bond donors (Lipinski definition) is 2. The smallest absolute Gasteiger partial charge is 0.308 e. The summed E-state index contributed by atoms with van der Waals surface area (Å²) in [6.45, 7) is 4.63. The zero-order chi connectivity index (χ0) is 24.7. The minimum absolute atomic E-state index is 0.00915. The molecule has 1 aliphatic heterocycles. The van der Waals surface area contributed by atoms with Gasteiger partial charge in [-0.1, -0.05) is 30.3 Å². The number of benzene rings is 2. The van der Waals surface area contributed by atoms with Crippen LogP contribution in [-0.4, -0.2) is 53.0 Å². The topological polar surface area (TPSA) is 97.0 Å². The summed E-state index contributed by atoms with van der Waals surface area (Å²) in [4.78, 5) is 39.2. The maximum absolute atomic E-state index is 12.8. The highest BCUT2D eigenvalue weighted by Gasteiger charge is 2.34. The van der Waals surface area contributed by atoms with Gasteiger partial charge in [0.1, 0.15) is 18.4 Å². The van der Waals surface area contributed by atoms with Crippen LogP contribution in [0.3, 0.4) is 0 Å². The summed E-state index contributed by atoms with van der Waals surface area (Å²) in [6.07, 6.45) is -0.202. The number of piperazine rings is 1. The number of rotatable bonds is 7. The van der Waals surface area contributed by atoms with Crippen molar-refractivity contribution < 1.29 is 23.9 Å². The van der Waals surface area contributed by atoms with E-state index >= 15 is 0 Å². The quantitative estimate of drug-likeness (QED) is 0.405. The second-order valence-corrected chi connectivity index (χ2v) is 9.16. The van der Waals surface area contributed by atoms with Crippen LogP contribution >= 0.6 is 28.1 Å². The number of thiocarbonyl (C=S) groups is 1. The lowest BCUT2D eigenvalue weighted by Gasteiger charge is -2.36. The zero-order valence-electron chi connectivity index (χ0n) is 18.9. The van der Waals surface area contributed by atoms with Crippen LogP contribution in [0.1, 0.15) is 36.2 Å². The van der Waals surface area contributed by atoms with E-state index in [9.17, 15) is 14.4 Å². The lowest BCUT2D eigenvalue weighted by molar-refractivity contribution is -0.148. The average molecular weight is 548 g/mol. The Morgan fingerprint density at radius 3 is 2.65 bits per heavy atom. The summed E-state index contributed by atoms with van der Waals surface area (Å²) >= 11 is 8.83. The molecule has 1 atom stereocenters. The third kappa shape index (κ3) is 7.01. The molecule has 180 valence electrons. The molecule has 10 heteroatoms. The molecule has 3 rings (SSSR count). The number of nitrogens with one attached hydrogen (secondary N) is 2. The van der Waals surface area contributed by atoms with Gasteiger partial charge in [0.25, 0.3) is 5.91 Å². The van der Waals surface area contributed by atoms with Gasteiger partial charge < -0.3 is 19.7 Å². The van der Waals surface area contributed by atoms with Crippen molar-refractivity contribution in [3.8, 4) is 5.75 Å². The first kappa shape index (κ1) is 25.6. The third-order valence-corrected chi connectivity index (χ3v) is 5.93. The van der Waals surface area contributed by atoms with Crippen LogP contribution < -0.4 is 15.4 Å². The molecular formula is C24H26BrN3O5S. The summed E-state index contributed by atoms with van der Waals surface area (Å²) in [6, 6.07) is 13.3. The van der Waals surface area contributed by atoms with Crippen LogP contribution in [-0.2, 0) is 20.9 Å². The number of carbonyl (C=O) groups excluding carboxylic acids is 3. The lowest BCUT2D eigenvalue weighted by Crippen LogP contribution is -2.60. The zero-order valence-corrected chi connectivity index (χ0v) is 21.3. The van der Waals surface area contributed by atoms with E-state index in [1.807, 2.05) is 44.2 Å². The van der Waals surface area contributed by atoms with Gasteiger partial charge in [-0.2, -0.15) is 0 Å². The number of nitrogens with zero attached hydrogens (tertiary/aromatic N) is 1. The van der Waals surface area contributed by atoms with Crippen molar-refractivity contribution in [1.29, 1.82) is 0 Å². The molecule has 2 N–H and O–H groups in total. The Balaban J connectivity index is 1.62. The number of halogens is 1. The van der Waals surface area contributed by atoms with Crippen molar-refractivity contribution in [2.45, 2.75) is 39.0 Å². The highest BCUT2D eigenvalue weighted by atomic mass is 79.9. The van der Waals surface area contributed by atoms with Crippen LogP contribution in [0.2, 0.25) is 0 Å². The van der Waals surface area contributed by atoms with E-state index in [1.165, 1.54) is 0 Å². The van der Waals surface area contributed by atoms with Crippen molar-refractivity contribution in [3.05, 3.63) is 64.1 Å². The third-order valence-electron chi connectivity index (χ3n) is 4.97. The van der Waals surface area contributed by atoms with Crippen molar-refractivity contribution in [2.24, 2.45) is 0 Å². The molecule has 1 heterocycles. The van der Waals surface area contributed by atoms with Crippen LogP contribution in [0.5, 0.6) is 5.75 Å². The Morgan fingerprint density at radius 2 is 1.97 bits per heavy atom. The molecule has 0 aromatic heterocycles. The van der Waals surface area contributed by atoms with E-state index in [2.05, 4.69) is 26.6 Å². The van der Waals surface area contributed by atoms with Crippen molar-refractivity contribution in [2.75, 3.05) is 13.1 Å². The van der Waals surface area contributed by atoms with E-state index in [4.69, 9.17) is 21.7 Å². The Labute approximate surface area is 212 Å². The van der Waals surface area contributed by atoms with Gasteiger partial charge in [-0.05, 0) is 65.8 Å². The fourth-order valence-electron chi connectivity index (χ4n) is 3.35. The molecule has 1 aliphatic rings. The van der Waals surface area contributed by atoms with Crippen LogP contribution in [0.15, 0.2) is 53.0 Å². The van der Waals surface area contributed by atoms with E-state index < -0.39 is 17.9 Å². The SMILES string of the molecule is CC(C)Oc1ccc(C(=O)NC(=S)N2CCNC(=O)C2CC(=O)OCc2ccccc2)cc1Br. The second kappa shape index (κ2) is 11.9. The molecule has 1 saturated heterocycles. The van der Waals surface area contributed by atoms with Gasteiger partial charge in [0.05, 0.1) is 17.0 Å². The number of ether oxygens (including phenoxy) is 2. The predicted molar refractivity (Wildman–Crippen MR) is 134 cm³/mol. The summed E-state index contributed by atoms with van der Waals surface area (Å²) in [5.41, 5.74) is 1.21. The standard InChI is InChI=1S/C24H26BrN3O5S/c1-15(2)33-20-9-8-17(12-18(20)25)22(30)27-24(34)28-11-10-26-23(31)19(28)13-21(29)32-14-16-6-4-3-5-7-16/h3-9,12,15,19H,10-11,13-14H2,1-2H3,(H,26,31)(H,27,30,34). The molecule has 8 nitrogen and oxygen atoms in total. The van der Waals surface area contributed by atoms with Crippen LogP contribution in [0.25, 0.3) is 0 Å². The minimum Gasteiger partial charge on any atom is -0.490 e. The highest BCUT2D eigenvalue weighted by Crippen LogP contribution is 2.27. The average Bonchev–Trinajstić information content (AvgIpc) is 2.80. The second-order valence-electron chi connectivity index (χ2n) is 7.92. The molecule has 0 radical (unpaired) electrons. The van der Waals surface area contributed by atoms with Crippen molar-refractivity contribution >= 4 is 51.0 Å². The van der Waals surface area contributed by atoms with E-state index in [0.29, 0.717) is 28.9 Å². The van der Waals surface area contributed by atoms with Gasteiger partial charge in [0, 0.05) is 18.7 Å². The summed E-state index contributed by atoms with van der Waals surface area (Å²) in [7, 11) is 0. The maximum atomic E-state index is 12.8. The monoisotopic (exact) mass is 547 g/mol. The molecule has 0 saturated carbocycles. The maximum Gasteiger partial charge on any atom is 0.308 e. The van der Waals surface area contributed by atoms with Gasteiger partial charge >= 0.3 is 5.97 Å². The Bertz CT molecular complexity index is 1060. The van der Waals surface area contributed by atoms with E-state index in [0.717, 1.165) is 5.56 Å². The van der Waals surface area contributed by atoms with E-state index in [-0.39, 0.29) is 30.2 Å². The van der Waals surface area contributed by atoms with Crippen LogP contribution in [0, 0.1) is 0 Å². The molecule has 0 aliphatic carbocycles. The predicted octanol–water partition coefficient (Wildman–Crippen LogP) is 3.18. The van der Waals surface area contributed by atoms with Crippen LogP contribution in [0.4, 0.5) is 0 Å². The summed E-state index contributed by atoms with van der Waals surface area (Å²) in [5.74, 6) is -0.693. The van der Waals surface area contributed by atoms with Crippen molar-refractivity contribution in [1.82, 2.24) is 15.5 Å². The van der Waals surface area contributed by atoms with Gasteiger partial charge in [-0.25, -0.2) is 0 Å². The number of amides is 2. The number of carbonyl (C=O) groups is 3. The molecule has 2 amide bonds. The minimum atomic E-state index is -0.877. The Morgan fingerprint density at radius 1 is 1.24 bits per heavy atom. The molecule has 1 unspecified atom stereocenters. The normalized spacial score (nSPS) is 15.5. The number of esters is 1. The largest absolute Gasteiger partial charge is 0.490 e. The molecular weight excluding hydrogens is 522 g/mol. The highest BCUT2D eigenvalue weighted by molar-refractivity contribution is 9.10. The van der Waals surface area contributed by atoms with Gasteiger partial charge in [-0.3, -0.25) is 19.7 Å². The first-order valence-corrected chi connectivity index (χ1v) is 12.0. The van der Waals surface area contributed by atoms with Gasteiger partial charge in [-0.15, -0.1) is 0 Å². The fourth-order valence-corrected chi connectivity index (χ4v) is 4.13. The first-order chi connectivity index (χ1) is 16.2. The molecule has 1 fully saturated rings. The molecule has 0 spiro atoms. The first-order valence-electron chi connectivity index (χ1n) is 10.8. The van der Waals surface area contributed by atoms with E-state index in [1.54, 1.807) is 23.1 Å². The fraction of sp³-hybridized carbons (Fsp3) is 0.333. The van der Waals surface area contributed by atoms with Gasteiger partial charge in [0.2, 0.25) is 5.91 Å². The Kier molecular flexibility index (Phi) is 9.00. The Hall–Kier alpha value is -2.98. The van der Waals surface area contributed by atoms with Crippen molar-refractivity contribution in [3.63, 3.8) is 0 Å². The summed E-state index contributed by atoms with van der Waals surface area (Å²) < 4.78 is 11.6. The van der Waals surface area contributed by atoms with Gasteiger partial charge in [0.15, 0.2) is 5.11 Å². The molecule has 34 heavy (non-hydrogen) atoms. The molecule has 2 aromatic rings. The molecule has 0 bridgehead atoms.